The molecule has 0 bridgehead atoms. The third kappa shape index (κ3) is 6.83. The van der Waals surface area contributed by atoms with Crippen molar-refractivity contribution in [3.05, 3.63) is 83.2 Å². The molecule has 1 amide bonds. The Morgan fingerprint density at radius 2 is 1.90 bits per heavy atom. The van der Waals surface area contributed by atoms with Gasteiger partial charge in [0.2, 0.25) is 5.91 Å². The van der Waals surface area contributed by atoms with Gasteiger partial charge in [-0.15, -0.1) is 0 Å². The average Bonchev–Trinajstić information content (AvgIpc) is 2.62. The molecule has 29 heavy (non-hydrogen) atoms. The Morgan fingerprint density at radius 1 is 1.17 bits per heavy atom. The smallest absolute Gasteiger partial charge is 0.248 e. The van der Waals surface area contributed by atoms with Crippen LogP contribution in [0.2, 0.25) is 0 Å². The topological polar surface area (TPSA) is 58.6 Å². The molecular formula is C25H31NO3. The van der Waals surface area contributed by atoms with Gasteiger partial charge in [0.15, 0.2) is 0 Å². The number of nitrogens with one attached hydrogen (secondary N) is 1. The van der Waals surface area contributed by atoms with Crippen LogP contribution in [0, 0.1) is 5.41 Å². The van der Waals surface area contributed by atoms with E-state index in [9.17, 15) is 9.90 Å². The Hall–Kier alpha value is -3.01. The van der Waals surface area contributed by atoms with E-state index in [4.69, 9.17) is 4.74 Å². The van der Waals surface area contributed by atoms with E-state index in [1.807, 2.05) is 39.0 Å². The summed E-state index contributed by atoms with van der Waals surface area (Å²) in [5.74, 6) is 0.760. The van der Waals surface area contributed by atoms with Gasteiger partial charge in [-0.05, 0) is 55.9 Å². The molecule has 4 heteroatoms. The van der Waals surface area contributed by atoms with Crippen molar-refractivity contribution in [2.24, 2.45) is 5.41 Å². The third-order valence-corrected chi connectivity index (χ3v) is 4.91. The zero-order chi connectivity index (χ0) is 21.4. The Labute approximate surface area is 174 Å². The first kappa shape index (κ1) is 22.3. The summed E-state index contributed by atoms with van der Waals surface area (Å²) in [6.07, 6.45) is 12.5. The van der Waals surface area contributed by atoms with Crippen LogP contribution in [0.15, 0.2) is 83.2 Å². The van der Waals surface area contributed by atoms with Crippen molar-refractivity contribution in [1.29, 1.82) is 0 Å². The van der Waals surface area contributed by atoms with Crippen molar-refractivity contribution in [2.75, 3.05) is 11.9 Å². The van der Waals surface area contributed by atoms with Crippen LogP contribution in [0.1, 0.15) is 41.0 Å². The van der Waals surface area contributed by atoms with E-state index in [0.29, 0.717) is 5.69 Å². The number of anilines is 1. The maximum Gasteiger partial charge on any atom is 0.248 e. The summed E-state index contributed by atoms with van der Waals surface area (Å²) < 4.78 is 5.69. The maximum atomic E-state index is 12.1. The van der Waals surface area contributed by atoms with E-state index in [0.717, 1.165) is 29.9 Å². The number of aromatic hydroxyl groups is 1. The fourth-order valence-corrected chi connectivity index (χ4v) is 3.12. The first-order valence-electron chi connectivity index (χ1n) is 9.83. The number of hydrogen-bond donors (Lipinski definition) is 2. The third-order valence-electron chi connectivity index (χ3n) is 4.91. The molecule has 0 radical (unpaired) electrons. The Bertz CT molecular complexity index is 898. The Kier molecular flexibility index (Phi) is 7.66. The molecule has 0 atom stereocenters. The molecule has 154 valence electrons. The van der Waals surface area contributed by atoms with E-state index < -0.39 is 0 Å². The summed E-state index contributed by atoms with van der Waals surface area (Å²) in [4.78, 5) is 12.1. The van der Waals surface area contributed by atoms with E-state index in [1.165, 1.54) is 17.7 Å². The molecule has 0 unspecified atom stereocenters. The number of amides is 1. The van der Waals surface area contributed by atoms with Crippen molar-refractivity contribution in [1.82, 2.24) is 0 Å². The Balaban J connectivity index is 1.98. The molecular weight excluding hydrogens is 362 g/mol. The van der Waals surface area contributed by atoms with Crippen LogP contribution in [0.4, 0.5) is 5.69 Å². The highest BCUT2D eigenvalue weighted by molar-refractivity contribution is 6.00. The van der Waals surface area contributed by atoms with Crippen LogP contribution >= 0.6 is 0 Å². The van der Waals surface area contributed by atoms with Gasteiger partial charge in [-0.25, -0.2) is 0 Å². The number of hydrogen-bond acceptors (Lipinski definition) is 3. The highest BCUT2D eigenvalue weighted by Crippen LogP contribution is 2.37. The number of carbonyl (C=O) groups excluding carboxylic acids is 1. The van der Waals surface area contributed by atoms with Gasteiger partial charge in [-0.2, -0.15) is 0 Å². The highest BCUT2D eigenvalue weighted by Gasteiger charge is 2.27. The predicted molar refractivity (Wildman–Crippen MR) is 120 cm³/mol. The lowest BCUT2D eigenvalue weighted by atomic mass is 9.79. The maximum absolute atomic E-state index is 12.1. The monoisotopic (exact) mass is 393 g/mol. The highest BCUT2D eigenvalue weighted by atomic mass is 16.5. The van der Waals surface area contributed by atoms with E-state index in [1.54, 1.807) is 18.2 Å². The van der Waals surface area contributed by atoms with Crippen LogP contribution in [0.25, 0.3) is 0 Å². The normalized spacial score (nSPS) is 17.7. The molecule has 0 spiro atoms. The first-order valence-corrected chi connectivity index (χ1v) is 9.83. The molecule has 1 aliphatic heterocycles. The van der Waals surface area contributed by atoms with Gasteiger partial charge in [0, 0.05) is 6.08 Å². The van der Waals surface area contributed by atoms with Gasteiger partial charge in [0.25, 0.3) is 0 Å². The summed E-state index contributed by atoms with van der Waals surface area (Å²) in [7, 11) is 0. The molecule has 1 heterocycles. The number of phenols is 1. The van der Waals surface area contributed by atoms with Crippen LogP contribution in [0.3, 0.4) is 0 Å². The van der Waals surface area contributed by atoms with E-state index in [2.05, 4.69) is 31.3 Å². The summed E-state index contributed by atoms with van der Waals surface area (Å²) in [6, 6.07) is 6.65. The van der Waals surface area contributed by atoms with Crippen molar-refractivity contribution in [2.45, 2.75) is 41.0 Å². The van der Waals surface area contributed by atoms with Gasteiger partial charge in [-0.1, -0.05) is 61.9 Å². The lowest BCUT2D eigenvalue weighted by Crippen LogP contribution is -2.23. The Morgan fingerprint density at radius 3 is 2.59 bits per heavy atom. The van der Waals surface area contributed by atoms with Crippen LogP contribution < -0.4 is 5.32 Å². The molecule has 0 saturated heterocycles. The molecule has 0 saturated carbocycles. The number of phenolic OH excluding ortho intramolecular Hbond substituents is 1. The summed E-state index contributed by atoms with van der Waals surface area (Å²) in [5, 5.41) is 12.4. The van der Waals surface area contributed by atoms with Gasteiger partial charge >= 0.3 is 0 Å². The number of benzene rings is 1. The van der Waals surface area contributed by atoms with Crippen LogP contribution in [-0.2, 0) is 9.53 Å². The van der Waals surface area contributed by atoms with Crippen LogP contribution in [0.5, 0.6) is 5.75 Å². The van der Waals surface area contributed by atoms with Gasteiger partial charge in [-0.3, -0.25) is 4.79 Å². The van der Waals surface area contributed by atoms with Crippen molar-refractivity contribution < 1.29 is 14.6 Å². The van der Waals surface area contributed by atoms with Crippen molar-refractivity contribution in [3.63, 3.8) is 0 Å². The summed E-state index contributed by atoms with van der Waals surface area (Å²) in [6.45, 7) is 11.2. The van der Waals surface area contributed by atoms with E-state index in [-0.39, 0.29) is 17.1 Å². The van der Waals surface area contributed by atoms with Gasteiger partial charge in [0.05, 0.1) is 18.1 Å². The molecule has 0 aliphatic carbocycles. The minimum atomic E-state index is -0.281. The minimum absolute atomic E-state index is 0.0460. The van der Waals surface area contributed by atoms with Crippen LogP contribution in [-0.4, -0.2) is 17.6 Å². The standard InChI is InChI=1S/C25H31NO3/c1-18(13-14-21-20(3)29-16-15-25(21,4)5)9-8-10-19(2)17-24(28)26-22-11-6-7-12-23(22)27/h6-14,17,27H,15-16H2,1-5H3,(H,26,28)/b10-8+,14-13+,18-9+,19-17+. The number of rotatable bonds is 6. The SMILES string of the molecule is CC1=C(/C=C/C(C)=C/C=C/C(C)=C/C(=O)Nc2ccccc2O)C(C)(C)CCO1. The molecule has 1 aliphatic rings. The van der Waals surface area contributed by atoms with Crippen molar-refractivity contribution in [3.8, 4) is 5.75 Å². The molecule has 0 fully saturated rings. The number of allylic oxidation sites excluding steroid dienone is 9. The zero-order valence-corrected chi connectivity index (χ0v) is 18.0. The fraction of sp³-hybridized carbons (Fsp3) is 0.320. The lowest BCUT2D eigenvalue weighted by Gasteiger charge is -2.32. The molecule has 1 aromatic rings. The average molecular weight is 394 g/mol. The van der Waals surface area contributed by atoms with Gasteiger partial charge < -0.3 is 15.2 Å². The molecule has 2 N–H and O–H groups in total. The number of carbonyl (C=O) groups is 1. The van der Waals surface area contributed by atoms with Crippen molar-refractivity contribution >= 4 is 11.6 Å². The minimum Gasteiger partial charge on any atom is -0.506 e. The second-order valence-corrected chi connectivity index (χ2v) is 7.95. The molecule has 1 aromatic carbocycles. The quantitative estimate of drug-likeness (QED) is 0.351. The predicted octanol–water partition coefficient (Wildman–Crippen LogP) is 6.06. The number of para-hydroxylation sites is 2. The van der Waals surface area contributed by atoms with E-state index >= 15 is 0 Å². The van der Waals surface area contributed by atoms with Gasteiger partial charge in [0.1, 0.15) is 5.75 Å². The zero-order valence-electron chi connectivity index (χ0n) is 18.0. The summed E-state index contributed by atoms with van der Waals surface area (Å²) >= 11 is 0. The molecule has 2 rings (SSSR count). The number of ether oxygens (including phenoxy) is 1. The largest absolute Gasteiger partial charge is 0.506 e. The summed E-state index contributed by atoms with van der Waals surface area (Å²) in [5.41, 5.74) is 3.66. The first-order chi connectivity index (χ1) is 13.7. The fourth-order valence-electron chi connectivity index (χ4n) is 3.12. The molecule has 4 nitrogen and oxygen atoms in total. The lowest BCUT2D eigenvalue weighted by molar-refractivity contribution is -0.112. The second-order valence-electron chi connectivity index (χ2n) is 7.95. The second kappa shape index (κ2) is 9.97. The molecule has 0 aromatic heterocycles.